The summed E-state index contributed by atoms with van der Waals surface area (Å²) in [5, 5.41) is 12.3. The third-order valence-electron chi connectivity index (χ3n) is 4.51. The third-order valence-corrected chi connectivity index (χ3v) is 4.51. The van der Waals surface area contributed by atoms with E-state index in [0.717, 1.165) is 16.3 Å². The van der Waals surface area contributed by atoms with Crippen LogP contribution >= 0.6 is 0 Å². The molecule has 0 aromatic heterocycles. The van der Waals surface area contributed by atoms with E-state index in [0.29, 0.717) is 16.7 Å². The Morgan fingerprint density at radius 3 is 2.30 bits per heavy atom. The van der Waals surface area contributed by atoms with Crippen molar-refractivity contribution in [3.05, 3.63) is 119 Å². The minimum Gasteiger partial charge on any atom is -0.507 e. The smallest absolute Gasteiger partial charge is 0.131 e. The first-order valence-corrected chi connectivity index (χ1v) is 8.72. The zero-order valence-corrected chi connectivity index (χ0v) is 14.6. The molecule has 1 nitrogen and oxygen atoms in total. The minimum atomic E-state index is -0.306. The van der Waals surface area contributed by atoms with E-state index >= 15 is 0 Å². The molecule has 0 saturated heterocycles. The van der Waals surface area contributed by atoms with Gasteiger partial charge in [-0.15, -0.1) is 5.73 Å². The fraction of sp³-hybridized carbons (Fsp3) is 0. The number of halogens is 1. The number of phenolic OH excluding ortho intramolecular Hbond substituents is 1. The van der Waals surface area contributed by atoms with Crippen molar-refractivity contribution in [2.24, 2.45) is 0 Å². The number of aromatic hydroxyl groups is 1. The summed E-state index contributed by atoms with van der Waals surface area (Å²) in [6.45, 7) is 0. The van der Waals surface area contributed by atoms with Gasteiger partial charge in [-0.25, -0.2) is 4.39 Å². The standard InChI is InChI=1S/C25H17FO/c26-24-13-7-6-12-22(24)21(18-8-2-1-3-9-18)15-16-23-20-11-5-4-10-19(20)14-17-25(23)27/h1-14,16-17,27H. The first kappa shape index (κ1) is 16.8. The molecule has 0 aliphatic carbocycles. The zero-order chi connectivity index (χ0) is 18.6. The molecular weight excluding hydrogens is 335 g/mol. The predicted octanol–water partition coefficient (Wildman–Crippen LogP) is 6.43. The van der Waals surface area contributed by atoms with Crippen molar-refractivity contribution >= 4 is 22.4 Å². The molecule has 4 aromatic rings. The summed E-state index contributed by atoms with van der Waals surface area (Å²) in [4.78, 5) is 0. The third kappa shape index (κ3) is 3.39. The molecule has 0 fully saturated rings. The van der Waals surface area contributed by atoms with Gasteiger partial charge in [0.2, 0.25) is 0 Å². The molecule has 1 N–H and O–H groups in total. The van der Waals surface area contributed by atoms with E-state index in [9.17, 15) is 9.50 Å². The van der Waals surface area contributed by atoms with Crippen molar-refractivity contribution in [3.8, 4) is 5.75 Å². The van der Waals surface area contributed by atoms with Crippen LogP contribution in [0.25, 0.3) is 22.4 Å². The van der Waals surface area contributed by atoms with Gasteiger partial charge in [0, 0.05) is 16.7 Å². The second kappa shape index (κ2) is 7.33. The van der Waals surface area contributed by atoms with Gasteiger partial charge >= 0.3 is 0 Å². The highest BCUT2D eigenvalue weighted by molar-refractivity contribution is 5.94. The summed E-state index contributed by atoms with van der Waals surface area (Å²) in [5.74, 6) is -0.137. The van der Waals surface area contributed by atoms with Crippen LogP contribution in [0.5, 0.6) is 5.75 Å². The summed E-state index contributed by atoms with van der Waals surface area (Å²) in [6, 6.07) is 27.6. The lowest BCUT2D eigenvalue weighted by atomic mass is 9.97. The van der Waals surface area contributed by atoms with E-state index in [1.165, 1.54) is 6.07 Å². The van der Waals surface area contributed by atoms with Crippen molar-refractivity contribution < 1.29 is 9.50 Å². The summed E-state index contributed by atoms with van der Waals surface area (Å²) in [6.07, 6.45) is 1.73. The van der Waals surface area contributed by atoms with Crippen LogP contribution < -0.4 is 0 Å². The summed E-state index contributed by atoms with van der Waals surface area (Å²) >= 11 is 0. The van der Waals surface area contributed by atoms with E-state index in [1.54, 1.807) is 30.3 Å². The SMILES string of the molecule is Oc1ccc2ccccc2c1C=C=C(c1ccccc1)c1ccccc1F. The maximum absolute atomic E-state index is 14.5. The first-order valence-electron chi connectivity index (χ1n) is 8.72. The maximum Gasteiger partial charge on any atom is 0.131 e. The molecule has 0 aliphatic rings. The topological polar surface area (TPSA) is 20.2 Å². The van der Waals surface area contributed by atoms with Crippen molar-refractivity contribution in [1.29, 1.82) is 0 Å². The predicted molar refractivity (Wildman–Crippen MR) is 109 cm³/mol. The lowest BCUT2D eigenvalue weighted by Crippen LogP contribution is -1.90. The lowest BCUT2D eigenvalue weighted by Gasteiger charge is -2.08. The van der Waals surface area contributed by atoms with Crippen molar-refractivity contribution in [2.75, 3.05) is 0 Å². The molecule has 0 saturated carbocycles. The maximum atomic E-state index is 14.5. The molecule has 0 atom stereocenters. The molecule has 2 heteroatoms. The number of benzene rings is 4. The fourth-order valence-electron chi connectivity index (χ4n) is 3.17. The molecule has 0 aliphatic heterocycles. The zero-order valence-electron chi connectivity index (χ0n) is 14.6. The molecular formula is C25H17FO. The van der Waals surface area contributed by atoms with E-state index in [2.05, 4.69) is 5.73 Å². The summed E-state index contributed by atoms with van der Waals surface area (Å²) < 4.78 is 14.5. The number of hydrogen-bond donors (Lipinski definition) is 1. The molecule has 0 unspecified atom stereocenters. The molecule has 130 valence electrons. The Balaban J connectivity index is 1.98. The molecule has 0 heterocycles. The Labute approximate surface area is 157 Å². The summed E-state index contributed by atoms with van der Waals surface area (Å²) in [5.41, 5.74) is 5.87. The van der Waals surface area contributed by atoms with E-state index in [-0.39, 0.29) is 11.6 Å². The van der Waals surface area contributed by atoms with Crippen LogP contribution in [0.1, 0.15) is 16.7 Å². The highest BCUT2D eigenvalue weighted by Crippen LogP contribution is 2.30. The second-order valence-corrected chi connectivity index (χ2v) is 6.23. The summed E-state index contributed by atoms with van der Waals surface area (Å²) in [7, 11) is 0. The van der Waals surface area contributed by atoms with Crippen LogP contribution in [0.2, 0.25) is 0 Å². The van der Waals surface area contributed by atoms with Gasteiger partial charge in [-0.1, -0.05) is 78.9 Å². The average Bonchev–Trinajstić information content (AvgIpc) is 2.71. The Kier molecular flexibility index (Phi) is 4.57. The lowest BCUT2D eigenvalue weighted by molar-refractivity contribution is 0.475. The van der Waals surface area contributed by atoms with Crippen molar-refractivity contribution in [3.63, 3.8) is 0 Å². The largest absolute Gasteiger partial charge is 0.507 e. The number of phenols is 1. The van der Waals surface area contributed by atoms with Crippen molar-refractivity contribution in [2.45, 2.75) is 0 Å². The van der Waals surface area contributed by atoms with Crippen LogP contribution in [0.3, 0.4) is 0 Å². The second-order valence-electron chi connectivity index (χ2n) is 6.23. The number of rotatable bonds is 3. The van der Waals surface area contributed by atoms with Crippen LogP contribution in [-0.2, 0) is 0 Å². The molecule has 0 spiro atoms. The number of hydrogen-bond acceptors (Lipinski definition) is 1. The molecule has 4 aromatic carbocycles. The highest BCUT2D eigenvalue weighted by atomic mass is 19.1. The Bertz CT molecular complexity index is 1170. The molecule has 0 radical (unpaired) electrons. The highest BCUT2D eigenvalue weighted by Gasteiger charge is 2.09. The average molecular weight is 352 g/mol. The molecule has 27 heavy (non-hydrogen) atoms. The Hall–Kier alpha value is -3.61. The van der Waals surface area contributed by atoms with Gasteiger partial charge in [0.05, 0.1) is 0 Å². The molecule has 4 rings (SSSR count). The first-order chi connectivity index (χ1) is 13.2. The van der Waals surface area contributed by atoms with Crippen LogP contribution in [0.4, 0.5) is 4.39 Å². The van der Waals surface area contributed by atoms with E-state index in [1.807, 2.05) is 60.7 Å². The fourth-order valence-corrected chi connectivity index (χ4v) is 3.17. The van der Waals surface area contributed by atoms with Crippen LogP contribution in [0.15, 0.2) is 96.7 Å². The quantitative estimate of drug-likeness (QED) is 0.421. The van der Waals surface area contributed by atoms with Gasteiger partial charge in [-0.2, -0.15) is 0 Å². The van der Waals surface area contributed by atoms with Gasteiger partial charge in [-0.3, -0.25) is 0 Å². The van der Waals surface area contributed by atoms with Crippen LogP contribution in [0, 0.1) is 5.82 Å². The van der Waals surface area contributed by atoms with Crippen molar-refractivity contribution in [1.82, 2.24) is 0 Å². The van der Waals surface area contributed by atoms with E-state index < -0.39 is 0 Å². The minimum absolute atomic E-state index is 0.169. The van der Waals surface area contributed by atoms with Crippen LogP contribution in [-0.4, -0.2) is 5.11 Å². The number of fused-ring (bicyclic) bond motifs is 1. The van der Waals surface area contributed by atoms with Gasteiger partial charge < -0.3 is 5.11 Å². The molecule has 0 amide bonds. The normalized spacial score (nSPS) is 10.4. The van der Waals surface area contributed by atoms with Gasteiger partial charge in [0.1, 0.15) is 11.6 Å². The Morgan fingerprint density at radius 1 is 0.778 bits per heavy atom. The molecule has 0 bridgehead atoms. The van der Waals surface area contributed by atoms with Gasteiger partial charge in [-0.05, 0) is 34.5 Å². The monoisotopic (exact) mass is 352 g/mol. The van der Waals surface area contributed by atoms with E-state index in [4.69, 9.17) is 0 Å². The van der Waals surface area contributed by atoms with Gasteiger partial charge in [0.15, 0.2) is 0 Å². The Morgan fingerprint density at radius 2 is 1.48 bits per heavy atom. The van der Waals surface area contributed by atoms with Gasteiger partial charge in [0.25, 0.3) is 0 Å².